The Morgan fingerprint density at radius 1 is 0.875 bits per heavy atom. The monoisotopic (exact) mass is 350 g/mol. The lowest BCUT2D eigenvalue weighted by Crippen LogP contribution is -2.22. The van der Waals surface area contributed by atoms with Crippen LogP contribution in [0.3, 0.4) is 0 Å². The fourth-order valence-electron chi connectivity index (χ4n) is 2.64. The summed E-state index contributed by atoms with van der Waals surface area (Å²) in [5, 5.41) is 19.9. The molecule has 0 saturated carbocycles. The first kappa shape index (κ1) is 16.0. The number of phenols is 2. The van der Waals surface area contributed by atoms with Crippen LogP contribution in [-0.4, -0.2) is 34.8 Å². The number of phenolic OH excluding ortho intramolecular Hbond substituents is 2. The zero-order valence-corrected chi connectivity index (χ0v) is 12.9. The second-order valence-electron chi connectivity index (χ2n) is 5.24. The highest BCUT2D eigenvalue weighted by Gasteiger charge is 2.35. The van der Waals surface area contributed by atoms with Crippen molar-refractivity contribution in [2.24, 2.45) is 0 Å². The molecule has 3 rings (SSSR count). The van der Waals surface area contributed by atoms with Crippen LogP contribution in [0.25, 0.3) is 0 Å². The van der Waals surface area contributed by atoms with Crippen molar-refractivity contribution in [1.82, 2.24) is 0 Å². The molecule has 0 atom stereocenters. The highest BCUT2D eigenvalue weighted by molar-refractivity contribution is 7.81. The van der Waals surface area contributed by atoms with Crippen LogP contribution in [0.5, 0.6) is 17.2 Å². The molecule has 0 aromatic heterocycles. The summed E-state index contributed by atoms with van der Waals surface area (Å²) in [6.07, 6.45) is 0. The average molecular weight is 350 g/mol. The van der Waals surface area contributed by atoms with E-state index in [2.05, 4.69) is 4.18 Å². The second kappa shape index (κ2) is 5.05. The Morgan fingerprint density at radius 2 is 1.42 bits per heavy atom. The highest BCUT2D eigenvalue weighted by atomic mass is 32.3. The largest absolute Gasteiger partial charge is 0.507 e. The van der Waals surface area contributed by atoms with E-state index in [9.17, 15) is 28.2 Å². The Labute approximate surface area is 135 Å². The molecule has 124 valence electrons. The topological polar surface area (TPSA) is 138 Å². The van der Waals surface area contributed by atoms with E-state index in [4.69, 9.17) is 4.55 Å². The third-order valence-electron chi connectivity index (χ3n) is 3.50. The molecule has 9 heteroatoms. The first-order chi connectivity index (χ1) is 11.1. The molecule has 8 nitrogen and oxygen atoms in total. The normalized spacial score (nSPS) is 13.4. The van der Waals surface area contributed by atoms with Crippen LogP contribution in [0.1, 0.15) is 37.4 Å². The van der Waals surface area contributed by atoms with Crippen LogP contribution in [0.15, 0.2) is 24.3 Å². The lowest BCUT2D eigenvalue weighted by molar-refractivity contribution is 0.0974. The standard InChI is InChI=1S/C15H10O8S/c1-6-2-8-12(10(16)3-6)15(19)13-9(14(8)18)4-7(5-11(13)17)23-24(20,21)22/h2-5,16-17H,1H3,(H,20,21,22). The molecular weight excluding hydrogens is 340 g/mol. The lowest BCUT2D eigenvalue weighted by atomic mass is 9.82. The maximum Gasteiger partial charge on any atom is 0.446 e. The van der Waals surface area contributed by atoms with Gasteiger partial charge in [0, 0.05) is 17.2 Å². The molecule has 0 bridgehead atoms. The zero-order valence-electron chi connectivity index (χ0n) is 12.1. The van der Waals surface area contributed by atoms with Crippen molar-refractivity contribution in [3.05, 3.63) is 52.1 Å². The number of carbonyl (C=O) groups excluding carboxylic acids is 2. The highest BCUT2D eigenvalue weighted by Crippen LogP contribution is 2.39. The SMILES string of the molecule is Cc1cc(O)c2c(c1)C(=O)c1cc(OS(=O)(=O)O)cc(O)c1C2=O. The molecule has 24 heavy (non-hydrogen) atoms. The Hall–Kier alpha value is -2.91. The molecule has 0 aliphatic heterocycles. The molecule has 2 aromatic carbocycles. The summed E-state index contributed by atoms with van der Waals surface area (Å²) in [6, 6.07) is 4.40. The van der Waals surface area contributed by atoms with Crippen molar-refractivity contribution in [3.63, 3.8) is 0 Å². The van der Waals surface area contributed by atoms with Crippen molar-refractivity contribution < 1.29 is 37.0 Å². The number of carbonyl (C=O) groups is 2. The average Bonchev–Trinajstić information content (AvgIpc) is 2.41. The fourth-order valence-corrected chi connectivity index (χ4v) is 2.98. The maximum atomic E-state index is 12.6. The van der Waals surface area contributed by atoms with Gasteiger partial charge in [-0.1, -0.05) is 0 Å². The molecule has 0 saturated heterocycles. The zero-order chi connectivity index (χ0) is 17.8. The number of aryl methyl sites for hydroxylation is 1. The number of fused-ring (bicyclic) bond motifs is 2. The van der Waals surface area contributed by atoms with E-state index in [1.54, 1.807) is 6.92 Å². The van der Waals surface area contributed by atoms with Gasteiger partial charge in [0.25, 0.3) is 0 Å². The van der Waals surface area contributed by atoms with Gasteiger partial charge in [-0.05, 0) is 30.7 Å². The summed E-state index contributed by atoms with van der Waals surface area (Å²) in [5.74, 6) is -3.13. The van der Waals surface area contributed by atoms with Crippen LogP contribution in [0.2, 0.25) is 0 Å². The van der Waals surface area contributed by atoms with Gasteiger partial charge in [0.1, 0.15) is 17.2 Å². The Kier molecular flexibility index (Phi) is 3.36. The van der Waals surface area contributed by atoms with Gasteiger partial charge in [-0.2, -0.15) is 8.42 Å². The van der Waals surface area contributed by atoms with E-state index in [1.807, 2.05) is 0 Å². The number of hydrogen-bond acceptors (Lipinski definition) is 7. The summed E-state index contributed by atoms with van der Waals surface area (Å²) in [7, 11) is -4.87. The summed E-state index contributed by atoms with van der Waals surface area (Å²) >= 11 is 0. The Morgan fingerprint density at radius 3 is 2.00 bits per heavy atom. The number of benzene rings is 2. The summed E-state index contributed by atoms with van der Waals surface area (Å²) < 4.78 is 34.5. The van der Waals surface area contributed by atoms with Crippen LogP contribution >= 0.6 is 0 Å². The van der Waals surface area contributed by atoms with Gasteiger partial charge >= 0.3 is 10.4 Å². The molecule has 2 aromatic rings. The summed E-state index contributed by atoms with van der Waals surface area (Å²) in [6.45, 7) is 1.61. The molecule has 1 aliphatic carbocycles. The van der Waals surface area contributed by atoms with Crippen LogP contribution in [-0.2, 0) is 10.4 Å². The molecule has 0 heterocycles. The predicted octanol–water partition coefficient (Wildman–Crippen LogP) is 1.36. The molecular formula is C15H10O8S. The van der Waals surface area contributed by atoms with Gasteiger partial charge < -0.3 is 14.4 Å². The lowest BCUT2D eigenvalue weighted by Gasteiger charge is -2.20. The van der Waals surface area contributed by atoms with Crippen molar-refractivity contribution in [3.8, 4) is 17.2 Å². The summed E-state index contributed by atoms with van der Waals surface area (Å²) in [4.78, 5) is 25.1. The second-order valence-corrected chi connectivity index (χ2v) is 6.26. The molecule has 0 fully saturated rings. The van der Waals surface area contributed by atoms with Crippen molar-refractivity contribution in [2.45, 2.75) is 6.92 Å². The third kappa shape index (κ3) is 2.49. The van der Waals surface area contributed by atoms with Gasteiger partial charge in [-0.25, -0.2) is 0 Å². The quantitative estimate of drug-likeness (QED) is 0.589. The van der Waals surface area contributed by atoms with Gasteiger partial charge in [-0.15, -0.1) is 0 Å². The van der Waals surface area contributed by atoms with Crippen LogP contribution in [0.4, 0.5) is 0 Å². The van der Waals surface area contributed by atoms with Gasteiger partial charge in [-0.3, -0.25) is 14.1 Å². The number of ketones is 2. The van der Waals surface area contributed by atoms with Gasteiger partial charge in [0.15, 0.2) is 5.78 Å². The maximum absolute atomic E-state index is 12.6. The van der Waals surface area contributed by atoms with Crippen molar-refractivity contribution >= 4 is 22.0 Å². The first-order valence-electron chi connectivity index (χ1n) is 6.55. The third-order valence-corrected chi connectivity index (χ3v) is 3.90. The molecule has 0 unspecified atom stereocenters. The van der Waals surface area contributed by atoms with E-state index < -0.39 is 39.2 Å². The molecule has 3 N–H and O–H groups in total. The molecule has 0 amide bonds. The minimum atomic E-state index is -4.87. The van der Waals surface area contributed by atoms with E-state index in [0.717, 1.165) is 12.1 Å². The van der Waals surface area contributed by atoms with Gasteiger partial charge in [0.2, 0.25) is 5.78 Å². The van der Waals surface area contributed by atoms with E-state index in [0.29, 0.717) is 5.56 Å². The van der Waals surface area contributed by atoms with Crippen molar-refractivity contribution in [1.29, 1.82) is 0 Å². The van der Waals surface area contributed by atoms with E-state index in [-0.39, 0.29) is 22.3 Å². The van der Waals surface area contributed by atoms with E-state index in [1.165, 1.54) is 12.1 Å². The van der Waals surface area contributed by atoms with Crippen molar-refractivity contribution in [2.75, 3.05) is 0 Å². The molecule has 0 spiro atoms. The van der Waals surface area contributed by atoms with Gasteiger partial charge in [0.05, 0.1) is 11.1 Å². The number of rotatable bonds is 2. The fraction of sp³-hybridized carbons (Fsp3) is 0.0667. The Bertz CT molecular complexity index is 1020. The minimum Gasteiger partial charge on any atom is -0.507 e. The first-order valence-corrected chi connectivity index (χ1v) is 7.92. The smallest absolute Gasteiger partial charge is 0.446 e. The molecule has 1 aliphatic rings. The number of aromatic hydroxyl groups is 2. The molecule has 0 radical (unpaired) electrons. The number of hydrogen-bond donors (Lipinski definition) is 3. The summed E-state index contributed by atoms with van der Waals surface area (Å²) in [5.41, 5.74) is -0.457. The Balaban J connectivity index is 2.27. The van der Waals surface area contributed by atoms with E-state index >= 15 is 0 Å². The predicted molar refractivity (Wildman–Crippen MR) is 80.0 cm³/mol. The van der Waals surface area contributed by atoms with Crippen LogP contribution in [0, 0.1) is 6.92 Å². The minimum absolute atomic E-state index is 0.0756. The van der Waals surface area contributed by atoms with Crippen LogP contribution < -0.4 is 4.18 Å².